The fourth-order valence-corrected chi connectivity index (χ4v) is 3.42. The van der Waals surface area contributed by atoms with Gasteiger partial charge in [-0.05, 0) is 24.6 Å². The highest BCUT2D eigenvalue weighted by Gasteiger charge is 2.27. The zero-order valence-electron chi connectivity index (χ0n) is 15.1. The van der Waals surface area contributed by atoms with Crippen molar-refractivity contribution in [1.82, 2.24) is 9.80 Å². The highest BCUT2D eigenvalue weighted by Crippen LogP contribution is 2.17. The van der Waals surface area contributed by atoms with E-state index in [1.807, 2.05) is 43.1 Å². The summed E-state index contributed by atoms with van der Waals surface area (Å²) >= 11 is 0. The minimum atomic E-state index is -0.0772. The standard InChI is InChI=1S/C21H27N3O/c1-18(21(25)22(2)17-19-9-5-3-6-10-19)23-13-15-24(16-14-23)20-11-7-4-8-12-20/h3-12,18H,13-17H2,1-2H3/t18-/m0/s1. The monoisotopic (exact) mass is 337 g/mol. The average Bonchev–Trinajstić information content (AvgIpc) is 2.68. The molecule has 1 amide bonds. The van der Waals surface area contributed by atoms with Crippen LogP contribution in [0.25, 0.3) is 0 Å². The number of amides is 1. The van der Waals surface area contributed by atoms with Crippen molar-refractivity contribution in [2.24, 2.45) is 0 Å². The van der Waals surface area contributed by atoms with Gasteiger partial charge in [0.1, 0.15) is 0 Å². The summed E-state index contributed by atoms with van der Waals surface area (Å²) in [6.07, 6.45) is 0. The lowest BCUT2D eigenvalue weighted by molar-refractivity contribution is -0.135. The van der Waals surface area contributed by atoms with E-state index < -0.39 is 0 Å². The summed E-state index contributed by atoms with van der Waals surface area (Å²) < 4.78 is 0. The highest BCUT2D eigenvalue weighted by molar-refractivity contribution is 5.81. The van der Waals surface area contributed by atoms with Crippen LogP contribution < -0.4 is 4.90 Å². The third-order valence-electron chi connectivity index (χ3n) is 4.98. The molecule has 25 heavy (non-hydrogen) atoms. The SMILES string of the molecule is C[C@@H](C(=O)N(C)Cc1ccccc1)N1CCN(c2ccccc2)CC1. The quantitative estimate of drug-likeness (QED) is 0.839. The summed E-state index contributed by atoms with van der Waals surface area (Å²) in [4.78, 5) is 19.3. The lowest BCUT2D eigenvalue weighted by atomic mass is 10.1. The number of hydrogen-bond acceptors (Lipinski definition) is 3. The van der Waals surface area contributed by atoms with Crippen LogP contribution in [0.2, 0.25) is 0 Å². The van der Waals surface area contributed by atoms with Gasteiger partial charge in [-0.1, -0.05) is 48.5 Å². The van der Waals surface area contributed by atoms with Crippen LogP contribution >= 0.6 is 0 Å². The smallest absolute Gasteiger partial charge is 0.239 e. The molecule has 0 N–H and O–H groups in total. The lowest BCUT2D eigenvalue weighted by Crippen LogP contribution is -2.54. The van der Waals surface area contributed by atoms with Crippen LogP contribution in [0.3, 0.4) is 0 Å². The van der Waals surface area contributed by atoms with Gasteiger partial charge < -0.3 is 9.80 Å². The number of para-hydroxylation sites is 1. The van der Waals surface area contributed by atoms with E-state index in [1.165, 1.54) is 11.3 Å². The first-order chi connectivity index (χ1) is 12.1. The zero-order valence-corrected chi connectivity index (χ0v) is 15.1. The Morgan fingerprint density at radius 1 is 0.960 bits per heavy atom. The summed E-state index contributed by atoms with van der Waals surface area (Å²) in [7, 11) is 1.89. The van der Waals surface area contributed by atoms with Crippen molar-refractivity contribution in [1.29, 1.82) is 0 Å². The molecular weight excluding hydrogens is 310 g/mol. The third kappa shape index (κ3) is 4.40. The predicted molar refractivity (Wildman–Crippen MR) is 103 cm³/mol. The van der Waals surface area contributed by atoms with Crippen molar-refractivity contribution >= 4 is 11.6 Å². The minimum Gasteiger partial charge on any atom is -0.369 e. The molecule has 1 aliphatic heterocycles. The number of benzene rings is 2. The van der Waals surface area contributed by atoms with E-state index in [-0.39, 0.29) is 11.9 Å². The van der Waals surface area contributed by atoms with Crippen molar-refractivity contribution < 1.29 is 4.79 Å². The number of likely N-dealkylation sites (N-methyl/N-ethyl adjacent to an activating group) is 1. The summed E-state index contributed by atoms with van der Waals surface area (Å²) in [6.45, 7) is 6.45. The second-order valence-electron chi connectivity index (χ2n) is 6.71. The maximum absolute atomic E-state index is 12.8. The van der Waals surface area contributed by atoms with Gasteiger partial charge in [0, 0.05) is 45.5 Å². The van der Waals surface area contributed by atoms with Gasteiger partial charge in [-0.2, -0.15) is 0 Å². The predicted octanol–water partition coefficient (Wildman–Crippen LogP) is 2.86. The van der Waals surface area contributed by atoms with Crippen LogP contribution in [0.4, 0.5) is 5.69 Å². The molecule has 1 atom stereocenters. The van der Waals surface area contributed by atoms with Crippen molar-refractivity contribution in [3.05, 3.63) is 66.2 Å². The maximum Gasteiger partial charge on any atom is 0.239 e. The molecule has 132 valence electrons. The van der Waals surface area contributed by atoms with Crippen LogP contribution in [-0.2, 0) is 11.3 Å². The topological polar surface area (TPSA) is 26.8 Å². The Balaban J connectivity index is 1.53. The van der Waals surface area contributed by atoms with Gasteiger partial charge in [0.25, 0.3) is 0 Å². The summed E-state index contributed by atoms with van der Waals surface area (Å²) in [6, 6.07) is 20.6. The van der Waals surface area contributed by atoms with Crippen LogP contribution in [0.15, 0.2) is 60.7 Å². The van der Waals surface area contributed by atoms with Gasteiger partial charge in [0.2, 0.25) is 5.91 Å². The first-order valence-corrected chi connectivity index (χ1v) is 8.98. The molecule has 0 bridgehead atoms. The van der Waals surface area contributed by atoms with Crippen LogP contribution in [-0.4, -0.2) is 55.0 Å². The van der Waals surface area contributed by atoms with E-state index in [1.54, 1.807) is 0 Å². The lowest BCUT2D eigenvalue weighted by Gasteiger charge is -2.39. The van der Waals surface area contributed by atoms with Crippen molar-refractivity contribution in [2.75, 3.05) is 38.1 Å². The van der Waals surface area contributed by atoms with Gasteiger partial charge in [-0.3, -0.25) is 9.69 Å². The molecule has 3 rings (SSSR count). The second-order valence-corrected chi connectivity index (χ2v) is 6.71. The average molecular weight is 337 g/mol. The number of carbonyl (C=O) groups is 1. The molecule has 2 aromatic carbocycles. The van der Waals surface area contributed by atoms with E-state index in [9.17, 15) is 4.79 Å². The molecular formula is C21H27N3O. The molecule has 4 nitrogen and oxygen atoms in total. The normalized spacial score (nSPS) is 16.5. The van der Waals surface area contributed by atoms with Crippen molar-refractivity contribution in [3.63, 3.8) is 0 Å². The molecule has 0 aliphatic carbocycles. The number of hydrogen-bond donors (Lipinski definition) is 0. The van der Waals surface area contributed by atoms with Gasteiger partial charge in [0.15, 0.2) is 0 Å². The largest absolute Gasteiger partial charge is 0.369 e. The van der Waals surface area contributed by atoms with Crippen LogP contribution in [0.5, 0.6) is 0 Å². The maximum atomic E-state index is 12.8. The molecule has 0 unspecified atom stereocenters. The van der Waals surface area contributed by atoms with Gasteiger partial charge in [0.05, 0.1) is 6.04 Å². The van der Waals surface area contributed by atoms with Gasteiger partial charge >= 0.3 is 0 Å². The van der Waals surface area contributed by atoms with E-state index >= 15 is 0 Å². The number of nitrogens with zero attached hydrogens (tertiary/aromatic N) is 3. The molecule has 0 spiro atoms. The summed E-state index contributed by atoms with van der Waals surface area (Å²) in [5, 5.41) is 0. The summed E-state index contributed by atoms with van der Waals surface area (Å²) in [5.74, 6) is 0.192. The minimum absolute atomic E-state index is 0.0772. The van der Waals surface area contributed by atoms with Crippen LogP contribution in [0.1, 0.15) is 12.5 Å². The second kappa shape index (κ2) is 8.17. The highest BCUT2D eigenvalue weighted by atomic mass is 16.2. The van der Waals surface area contributed by atoms with Crippen molar-refractivity contribution in [2.45, 2.75) is 19.5 Å². The number of piperazine rings is 1. The third-order valence-corrected chi connectivity index (χ3v) is 4.98. The van der Waals surface area contributed by atoms with E-state index in [2.05, 4.69) is 46.2 Å². The van der Waals surface area contributed by atoms with Gasteiger partial charge in [-0.15, -0.1) is 0 Å². The van der Waals surface area contributed by atoms with E-state index in [4.69, 9.17) is 0 Å². The zero-order chi connectivity index (χ0) is 17.6. The van der Waals surface area contributed by atoms with Crippen LogP contribution in [0, 0.1) is 0 Å². The Kier molecular flexibility index (Phi) is 5.71. The number of rotatable bonds is 5. The molecule has 1 aliphatic rings. The summed E-state index contributed by atoms with van der Waals surface area (Å²) in [5.41, 5.74) is 2.43. The molecule has 1 fully saturated rings. The Morgan fingerprint density at radius 3 is 2.12 bits per heavy atom. The van der Waals surface area contributed by atoms with Crippen molar-refractivity contribution in [3.8, 4) is 0 Å². The van der Waals surface area contributed by atoms with Gasteiger partial charge in [-0.25, -0.2) is 0 Å². The van der Waals surface area contributed by atoms with E-state index in [0.717, 1.165) is 26.2 Å². The Hall–Kier alpha value is -2.33. The Morgan fingerprint density at radius 2 is 1.52 bits per heavy atom. The molecule has 4 heteroatoms. The molecule has 0 aromatic heterocycles. The molecule has 0 radical (unpaired) electrons. The Labute approximate surface area is 150 Å². The fraction of sp³-hybridized carbons (Fsp3) is 0.381. The molecule has 0 saturated carbocycles. The molecule has 2 aromatic rings. The molecule has 1 saturated heterocycles. The fourth-order valence-electron chi connectivity index (χ4n) is 3.42. The number of carbonyl (C=O) groups excluding carboxylic acids is 1. The van der Waals surface area contributed by atoms with E-state index in [0.29, 0.717) is 6.54 Å². The number of anilines is 1. The molecule has 1 heterocycles. The Bertz CT molecular complexity index is 666. The first-order valence-electron chi connectivity index (χ1n) is 8.98. The first kappa shape index (κ1) is 17.5.